The van der Waals surface area contributed by atoms with E-state index in [1.165, 1.54) is 42.7 Å². The number of carbonyl (C=O) groups excluding carboxylic acids is 2. The van der Waals surface area contributed by atoms with Crippen LogP contribution in [0.1, 0.15) is 12.5 Å². The van der Waals surface area contributed by atoms with Gasteiger partial charge in [0.1, 0.15) is 36.9 Å². The Morgan fingerprint density at radius 2 is 1.91 bits per heavy atom. The topological polar surface area (TPSA) is 163 Å². The van der Waals surface area contributed by atoms with Crippen LogP contribution in [0.25, 0.3) is 5.69 Å². The highest BCUT2D eigenvalue weighted by molar-refractivity contribution is 5.94. The number of hydrogen-bond acceptors (Lipinski definition) is 11. The van der Waals surface area contributed by atoms with E-state index in [2.05, 4.69) is 20.6 Å². The number of halogens is 2. The molecule has 16 nitrogen and oxygen atoms in total. The average Bonchev–Trinajstić information content (AvgIpc) is 3.82. The predicted molar refractivity (Wildman–Crippen MR) is 149 cm³/mol. The maximum absolute atomic E-state index is 15.2. The lowest BCUT2D eigenvalue weighted by Gasteiger charge is -2.38. The van der Waals surface area contributed by atoms with Crippen molar-refractivity contribution in [3.8, 4) is 5.69 Å². The monoisotopic (exact) mass is 642 g/mol. The number of carbonyl (C=O) groups is 2. The second-order valence-electron chi connectivity index (χ2n) is 10.7. The minimum Gasteiger partial charge on any atom is -0.426 e. The standard InChI is InChI=1S/C28H30F2N9O7/c1-19(37-8-9-38(26(37)40)21-3-5-22(6-4-21)39-14-31-33-34-39)28(42,24-7-2-20(29)10-25(24)30)13-36-16-35(15-32-36)17-45-27(41)46-23-11-43-18-44-12-23/h2-7,10,14-16,19,23,42H,8-9,11-13,17-18H2,1H3/q+1/t19-,28+/m1/s1. The van der Waals surface area contributed by atoms with Crippen molar-refractivity contribution < 1.29 is 47.0 Å². The first-order chi connectivity index (χ1) is 22.2. The number of hydrogen-bond donors (Lipinski definition) is 1. The van der Waals surface area contributed by atoms with E-state index in [0.717, 1.165) is 12.1 Å². The molecule has 2 aliphatic rings. The van der Waals surface area contributed by atoms with Crippen LogP contribution in [0.2, 0.25) is 0 Å². The molecule has 2 saturated heterocycles. The first kappa shape index (κ1) is 30.9. The quantitative estimate of drug-likeness (QED) is 0.195. The lowest BCUT2D eigenvalue weighted by atomic mass is 9.85. The molecule has 2 atom stereocenters. The van der Waals surface area contributed by atoms with Gasteiger partial charge in [0.15, 0.2) is 6.10 Å². The maximum atomic E-state index is 15.2. The molecule has 0 radical (unpaired) electrons. The van der Waals surface area contributed by atoms with E-state index >= 15 is 4.39 Å². The Morgan fingerprint density at radius 1 is 1.15 bits per heavy atom. The second kappa shape index (κ2) is 13.1. The minimum absolute atomic E-state index is 0.124. The van der Waals surface area contributed by atoms with Gasteiger partial charge in [-0.15, -0.1) is 9.78 Å². The molecule has 6 rings (SSSR count). The fourth-order valence-corrected chi connectivity index (χ4v) is 5.35. The molecule has 18 heteroatoms. The number of tetrazole rings is 1. The number of aromatic nitrogens is 7. The summed E-state index contributed by atoms with van der Waals surface area (Å²) in [7, 11) is 0. The van der Waals surface area contributed by atoms with Gasteiger partial charge in [-0.25, -0.2) is 27.6 Å². The molecule has 0 unspecified atom stereocenters. The third-order valence-corrected chi connectivity index (χ3v) is 7.77. The van der Waals surface area contributed by atoms with Crippen molar-refractivity contribution in [2.75, 3.05) is 38.0 Å². The predicted octanol–water partition coefficient (Wildman–Crippen LogP) is 1.13. The molecule has 2 aromatic carbocycles. The molecule has 46 heavy (non-hydrogen) atoms. The fraction of sp³-hybridized carbons (Fsp3) is 0.393. The Kier molecular flexibility index (Phi) is 8.82. The third kappa shape index (κ3) is 6.49. The number of benzene rings is 2. The summed E-state index contributed by atoms with van der Waals surface area (Å²) in [5, 5.41) is 27.5. The van der Waals surface area contributed by atoms with Crippen LogP contribution >= 0.6 is 0 Å². The molecule has 0 bridgehead atoms. The van der Waals surface area contributed by atoms with Crippen molar-refractivity contribution >= 4 is 17.9 Å². The summed E-state index contributed by atoms with van der Waals surface area (Å²) in [6.45, 7) is 1.96. The second-order valence-corrected chi connectivity index (χ2v) is 10.7. The Balaban J connectivity index is 1.18. The van der Waals surface area contributed by atoms with E-state index in [9.17, 15) is 19.1 Å². The summed E-state index contributed by atoms with van der Waals surface area (Å²) < 4.78 is 53.7. The molecule has 242 valence electrons. The zero-order chi connectivity index (χ0) is 32.3. The molecule has 4 aromatic rings. The molecule has 0 spiro atoms. The maximum Gasteiger partial charge on any atom is 0.511 e. The molecule has 2 fully saturated rings. The van der Waals surface area contributed by atoms with Crippen LogP contribution < -0.4 is 9.47 Å². The minimum atomic E-state index is -2.07. The van der Waals surface area contributed by atoms with Gasteiger partial charge in [0.25, 0.3) is 6.33 Å². The van der Waals surface area contributed by atoms with Gasteiger partial charge < -0.3 is 29.0 Å². The molecule has 0 aliphatic carbocycles. The van der Waals surface area contributed by atoms with Crippen LogP contribution in [0.4, 0.5) is 24.1 Å². The number of urea groups is 1. The number of amides is 2. The van der Waals surface area contributed by atoms with Crippen LogP contribution in [-0.2, 0) is 37.8 Å². The highest BCUT2D eigenvalue weighted by Gasteiger charge is 2.47. The van der Waals surface area contributed by atoms with Crippen LogP contribution in [0.5, 0.6) is 0 Å². The lowest BCUT2D eigenvalue weighted by molar-refractivity contribution is -0.728. The van der Waals surface area contributed by atoms with E-state index in [4.69, 9.17) is 18.9 Å². The molecule has 2 amide bonds. The number of anilines is 1. The molecule has 4 heterocycles. The van der Waals surface area contributed by atoms with Crippen LogP contribution in [-0.4, -0.2) is 97.4 Å². The van der Waals surface area contributed by atoms with Crippen molar-refractivity contribution in [2.24, 2.45) is 0 Å². The molecule has 2 aromatic heterocycles. The number of nitrogens with zero attached hydrogens (tertiary/aromatic N) is 9. The first-order valence-electron chi connectivity index (χ1n) is 14.2. The van der Waals surface area contributed by atoms with Crippen LogP contribution in [0.15, 0.2) is 61.4 Å². The van der Waals surface area contributed by atoms with Gasteiger partial charge in [0, 0.05) is 35.5 Å². The van der Waals surface area contributed by atoms with Crippen molar-refractivity contribution in [3.05, 3.63) is 78.6 Å². The van der Waals surface area contributed by atoms with Gasteiger partial charge in [0.05, 0.1) is 24.9 Å². The molecular weight excluding hydrogens is 612 g/mol. The largest absolute Gasteiger partial charge is 0.511 e. The molecule has 1 N–H and O–H groups in total. The third-order valence-electron chi connectivity index (χ3n) is 7.77. The van der Waals surface area contributed by atoms with Crippen molar-refractivity contribution in [1.29, 1.82) is 0 Å². The highest BCUT2D eigenvalue weighted by Crippen LogP contribution is 2.35. The van der Waals surface area contributed by atoms with Gasteiger partial charge in [-0.3, -0.25) is 4.90 Å². The summed E-state index contributed by atoms with van der Waals surface area (Å²) >= 11 is 0. The van der Waals surface area contributed by atoms with E-state index in [-0.39, 0.29) is 45.4 Å². The number of aliphatic hydroxyl groups is 1. The van der Waals surface area contributed by atoms with Crippen LogP contribution in [0, 0.1) is 11.6 Å². The Morgan fingerprint density at radius 3 is 2.63 bits per heavy atom. The number of ether oxygens (including phenoxy) is 4. The summed E-state index contributed by atoms with van der Waals surface area (Å²) in [6.07, 6.45) is 2.65. The van der Waals surface area contributed by atoms with Gasteiger partial charge in [-0.05, 0) is 47.7 Å². The molecular formula is C28H30F2N9O7+. The fourth-order valence-electron chi connectivity index (χ4n) is 5.35. The van der Waals surface area contributed by atoms with Crippen LogP contribution in [0.3, 0.4) is 0 Å². The van der Waals surface area contributed by atoms with E-state index in [0.29, 0.717) is 24.0 Å². The SMILES string of the molecule is C[C@@H](N1CCN(c2ccc(-n3cnnn3)cc2)C1=O)[C@@](O)(Cn1c[n+](COC(=O)OC2COCOC2)cn1)c1ccc(F)cc1F. The summed E-state index contributed by atoms with van der Waals surface area (Å²) in [6, 6.07) is 8.42. The first-order valence-corrected chi connectivity index (χ1v) is 14.2. The van der Waals surface area contributed by atoms with Gasteiger partial charge in [-0.1, -0.05) is 6.07 Å². The van der Waals surface area contributed by atoms with Gasteiger partial charge in [-0.2, -0.15) is 0 Å². The van der Waals surface area contributed by atoms with E-state index in [1.807, 2.05) is 0 Å². The normalized spacial score (nSPS) is 17.6. The van der Waals surface area contributed by atoms with E-state index in [1.54, 1.807) is 31.2 Å². The van der Waals surface area contributed by atoms with E-state index < -0.39 is 41.6 Å². The van der Waals surface area contributed by atoms with Crippen molar-refractivity contribution in [1.82, 2.24) is 34.9 Å². The Labute approximate surface area is 260 Å². The summed E-state index contributed by atoms with van der Waals surface area (Å²) in [4.78, 5) is 28.7. The Hall–Kier alpha value is -5.07. The smallest absolute Gasteiger partial charge is 0.426 e. The summed E-state index contributed by atoms with van der Waals surface area (Å²) in [5.74, 6) is -1.81. The summed E-state index contributed by atoms with van der Waals surface area (Å²) in [5.41, 5.74) is -1.00. The zero-order valence-electron chi connectivity index (χ0n) is 24.6. The number of rotatable bonds is 10. The van der Waals surface area contributed by atoms with Crippen molar-refractivity contribution in [2.45, 2.75) is 37.9 Å². The van der Waals surface area contributed by atoms with Crippen molar-refractivity contribution in [3.63, 3.8) is 0 Å². The van der Waals surface area contributed by atoms with Gasteiger partial charge >= 0.3 is 12.2 Å². The van der Waals surface area contributed by atoms with Gasteiger partial charge in [0.2, 0.25) is 13.1 Å². The highest BCUT2D eigenvalue weighted by atomic mass is 19.1. The molecule has 0 saturated carbocycles. The average molecular weight is 643 g/mol. The molecule has 2 aliphatic heterocycles. The Bertz CT molecular complexity index is 1670. The lowest BCUT2D eigenvalue weighted by Crippen LogP contribution is -2.53. The zero-order valence-corrected chi connectivity index (χ0v) is 24.6.